The molecule has 3 atom stereocenters. The Morgan fingerprint density at radius 2 is 0.463 bits per heavy atom. The molecule has 0 aliphatic carbocycles. The molecule has 17 rings (SSSR count). The average Bonchev–Trinajstić information content (AvgIpc) is 0.804. The van der Waals surface area contributed by atoms with Gasteiger partial charge in [-0.05, 0) is 157 Å². The molecule has 21 heteroatoms. The quantitative estimate of drug-likeness (QED) is 0.0284. The average molecular weight is 1810 g/mol. The lowest BCUT2D eigenvalue weighted by Crippen LogP contribution is -2.11. The summed E-state index contributed by atoms with van der Waals surface area (Å²) >= 11 is 0. The second-order valence-corrected chi connectivity index (χ2v) is 32.8. The molecular formula is C115H114N12O9. The van der Waals surface area contributed by atoms with Crippen LogP contribution < -0.4 is 23.7 Å². The van der Waals surface area contributed by atoms with E-state index in [1.165, 1.54) is 51.4 Å². The molecule has 0 aliphatic rings. The van der Waals surface area contributed by atoms with Gasteiger partial charge in [0.1, 0.15) is 51.7 Å². The molecule has 136 heavy (non-hydrogen) atoms. The minimum absolute atomic E-state index is 0.0542. The maximum absolute atomic E-state index is 11.2. The highest BCUT2D eigenvalue weighted by Crippen LogP contribution is 2.39. The summed E-state index contributed by atoms with van der Waals surface area (Å²) in [6.07, 6.45) is 14.0. The third kappa shape index (κ3) is 27.0. The van der Waals surface area contributed by atoms with E-state index in [1.807, 2.05) is 261 Å². The van der Waals surface area contributed by atoms with E-state index >= 15 is 0 Å². The standard InChI is InChI=1S/C45H63N3O4.C27H19N3O.C22H17N3O2.C21H15N3O2/c1-7-13-16-33(10-4)30-50-38-23-19-36(20-24-38)43-46-44(37-21-25-39(26-22-37)51-31-34(11-5)17-14-8-2)48-45(47-43)41-28-27-40(29-42(41)49)52-32-35(12-6)18-15-9-3;31-24-14-8-7-13-23(24)27-29-25(21-11-5-2-6-12-21)28-26(30-27)22-17-15-20(16-18-22)19-9-3-1-4-10-19;1-27-17-12-13-18(19(26)14-17)22-24-20(15-8-4-2-5-9-15)23-21(25-22)16-10-6-3-7-11-16;25-18-14-8-7-13-17(18)20-22-19(15-9-3-1-4-10-15)23-21(24-20)26-16-11-5-2-6-12-16/h19-29,33-35,49H,7-18,30-32H2,1-6H3;1-18,31H;2-14,26H,1H3;1-14,25H. The van der Waals surface area contributed by atoms with Crippen LogP contribution in [0.5, 0.6) is 57.8 Å². The number of hydrogen-bond acceptors (Lipinski definition) is 21. The van der Waals surface area contributed by atoms with Crippen LogP contribution in [-0.4, -0.2) is 107 Å². The van der Waals surface area contributed by atoms with E-state index in [0.717, 1.165) is 87.3 Å². The molecule has 0 amide bonds. The van der Waals surface area contributed by atoms with Crippen LogP contribution in [0.1, 0.15) is 119 Å². The van der Waals surface area contributed by atoms with Crippen molar-refractivity contribution in [1.29, 1.82) is 0 Å². The fourth-order valence-corrected chi connectivity index (χ4v) is 15.0. The Bertz CT molecular complexity index is 6440. The molecule has 688 valence electrons. The molecule has 0 bridgehead atoms. The third-order valence-electron chi connectivity index (χ3n) is 23.1. The van der Waals surface area contributed by atoms with Crippen LogP contribution in [0.25, 0.3) is 136 Å². The van der Waals surface area contributed by atoms with Crippen LogP contribution in [0.4, 0.5) is 0 Å². The number of aromatic hydroxyl groups is 4. The Balaban J connectivity index is 0.000000152. The number of rotatable bonds is 36. The van der Waals surface area contributed by atoms with Gasteiger partial charge in [0.25, 0.3) is 0 Å². The summed E-state index contributed by atoms with van der Waals surface area (Å²) in [6, 6.07) is 107. The zero-order chi connectivity index (χ0) is 94.6. The predicted octanol–water partition coefficient (Wildman–Crippen LogP) is 27.9. The largest absolute Gasteiger partial charge is 0.507 e. The summed E-state index contributed by atoms with van der Waals surface area (Å²) in [5.41, 5.74) is 10.5. The number of phenols is 4. The van der Waals surface area contributed by atoms with Crippen LogP contribution in [-0.2, 0) is 0 Å². The number of aromatic nitrogens is 12. The van der Waals surface area contributed by atoms with Crippen molar-refractivity contribution in [3.05, 3.63) is 340 Å². The number of ether oxygens (including phenoxy) is 5. The highest BCUT2D eigenvalue weighted by molar-refractivity contribution is 5.76. The summed E-state index contributed by atoms with van der Waals surface area (Å²) in [5.74, 6) is 10.8. The van der Waals surface area contributed by atoms with Gasteiger partial charge in [0.05, 0.1) is 49.2 Å². The van der Waals surface area contributed by atoms with Crippen LogP contribution >= 0.6 is 0 Å². The van der Waals surface area contributed by atoms with Gasteiger partial charge in [-0.2, -0.15) is 9.97 Å². The molecule has 4 heterocycles. The second-order valence-electron chi connectivity index (χ2n) is 32.8. The van der Waals surface area contributed by atoms with Gasteiger partial charge in [-0.3, -0.25) is 0 Å². The maximum atomic E-state index is 11.2. The molecule has 0 spiro atoms. The lowest BCUT2D eigenvalue weighted by Gasteiger charge is -2.16. The van der Waals surface area contributed by atoms with E-state index in [4.69, 9.17) is 43.6 Å². The first-order valence-corrected chi connectivity index (χ1v) is 46.7. The first kappa shape index (κ1) is 96.2. The molecule has 0 fully saturated rings. The Kier molecular flexibility index (Phi) is 35.0. The lowest BCUT2D eigenvalue weighted by atomic mass is 10.0. The number of hydrogen-bond donors (Lipinski definition) is 4. The topological polar surface area (TPSA) is 282 Å². The van der Waals surface area contributed by atoms with Crippen LogP contribution in [0.2, 0.25) is 0 Å². The zero-order valence-electron chi connectivity index (χ0n) is 77.9. The number of methoxy groups -OCH3 is 1. The Labute approximate surface area is 796 Å². The molecule has 13 aromatic carbocycles. The van der Waals surface area contributed by atoms with Gasteiger partial charge >= 0.3 is 6.01 Å². The minimum atomic E-state index is 0.0542. The van der Waals surface area contributed by atoms with Crippen molar-refractivity contribution in [2.75, 3.05) is 26.9 Å². The van der Waals surface area contributed by atoms with Gasteiger partial charge in [0.15, 0.2) is 64.1 Å². The van der Waals surface area contributed by atoms with E-state index in [0.29, 0.717) is 141 Å². The van der Waals surface area contributed by atoms with Crippen LogP contribution in [0.3, 0.4) is 0 Å². The Hall–Kier alpha value is -15.9. The molecule has 3 unspecified atom stereocenters. The van der Waals surface area contributed by atoms with Gasteiger partial charge in [0, 0.05) is 51.1 Å². The predicted molar refractivity (Wildman–Crippen MR) is 541 cm³/mol. The van der Waals surface area contributed by atoms with Crippen molar-refractivity contribution in [2.45, 2.75) is 119 Å². The fraction of sp³-hybridized carbons (Fsp3) is 0.217. The van der Waals surface area contributed by atoms with E-state index in [2.05, 4.69) is 106 Å². The molecule has 21 nitrogen and oxygen atoms in total. The second kappa shape index (κ2) is 49.5. The highest BCUT2D eigenvalue weighted by Gasteiger charge is 2.23. The van der Waals surface area contributed by atoms with Crippen molar-refractivity contribution in [1.82, 2.24) is 59.8 Å². The van der Waals surface area contributed by atoms with E-state index in [-0.39, 0.29) is 29.0 Å². The molecule has 0 saturated carbocycles. The van der Waals surface area contributed by atoms with E-state index < -0.39 is 0 Å². The molecule has 0 aliphatic heterocycles. The number of phenolic OH excluding ortho intramolecular Hbond substituents is 4. The molecule has 17 aromatic rings. The molecule has 0 saturated heterocycles. The zero-order valence-corrected chi connectivity index (χ0v) is 77.9. The minimum Gasteiger partial charge on any atom is -0.507 e. The summed E-state index contributed by atoms with van der Waals surface area (Å²) < 4.78 is 29.4. The third-order valence-corrected chi connectivity index (χ3v) is 23.1. The summed E-state index contributed by atoms with van der Waals surface area (Å²) in [7, 11) is 1.55. The summed E-state index contributed by atoms with van der Waals surface area (Å²) in [5, 5.41) is 42.2. The normalized spacial score (nSPS) is 11.5. The fourth-order valence-electron chi connectivity index (χ4n) is 15.0. The molecule has 4 aromatic heterocycles. The van der Waals surface area contributed by atoms with Crippen molar-refractivity contribution in [3.63, 3.8) is 0 Å². The number of benzene rings is 13. The summed E-state index contributed by atoms with van der Waals surface area (Å²) in [4.78, 5) is 55.9. The lowest BCUT2D eigenvalue weighted by molar-refractivity contribution is 0.232. The van der Waals surface area contributed by atoms with Crippen LogP contribution in [0.15, 0.2) is 340 Å². The number of unbranched alkanes of at least 4 members (excludes halogenated alkanes) is 3. The first-order chi connectivity index (χ1) is 66.7. The van der Waals surface area contributed by atoms with Crippen LogP contribution in [0, 0.1) is 17.8 Å². The monoisotopic (exact) mass is 1810 g/mol. The Morgan fingerprint density at radius 3 is 0.794 bits per heavy atom. The number of nitrogens with zero attached hydrogens (tertiary/aromatic N) is 12. The summed E-state index contributed by atoms with van der Waals surface area (Å²) in [6.45, 7) is 15.4. The first-order valence-electron chi connectivity index (χ1n) is 46.7. The van der Waals surface area contributed by atoms with Gasteiger partial charge in [-0.15, -0.1) is 0 Å². The SMILES string of the molecule is CCCCC(CC)COc1ccc(-c2nc(-c3ccc(OCC(CC)CCCC)cc3)nc(-c3ccc(OCC(CC)CCCC)cc3O)n2)cc1.COc1ccc(-c2nc(-c3ccccc3)nc(-c3ccccc3)n2)c(O)c1.Oc1ccccc1-c1nc(-c2ccccc2)nc(-c2ccc(-c3ccccc3)cc2)n1.Oc1ccccc1-c1nc(Oc2ccccc2)nc(-c2ccccc2)n1. The van der Waals surface area contributed by atoms with Gasteiger partial charge in [-0.1, -0.05) is 318 Å². The van der Waals surface area contributed by atoms with Crippen molar-refractivity contribution < 1.29 is 44.1 Å². The highest BCUT2D eigenvalue weighted by atomic mass is 16.5. The van der Waals surface area contributed by atoms with Crippen molar-refractivity contribution >= 4 is 0 Å². The van der Waals surface area contributed by atoms with E-state index in [9.17, 15) is 20.4 Å². The van der Waals surface area contributed by atoms with E-state index in [1.54, 1.807) is 61.7 Å². The van der Waals surface area contributed by atoms with Gasteiger partial charge in [0.2, 0.25) is 0 Å². The molecule has 0 radical (unpaired) electrons. The smallest absolute Gasteiger partial charge is 0.326 e. The van der Waals surface area contributed by atoms with Gasteiger partial charge in [-0.25, -0.2) is 49.8 Å². The number of para-hydroxylation sites is 3. The molecule has 4 N–H and O–H groups in total. The molecular weight excluding hydrogens is 1690 g/mol. The van der Waals surface area contributed by atoms with Crippen molar-refractivity contribution in [2.24, 2.45) is 17.8 Å². The maximum Gasteiger partial charge on any atom is 0.326 e. The Morgan fingerprint density at radius 1 is 0.221 bits per heavy atom. The van der Waals surface area contributed by atoms with Gasteiger partial charge < -0.3 is 44.1 Å². The van der Waals surface area contributed by atoms with Crippen molar-refractivity contribution in [3.8, 4) is 194 Å².